The smallest absolute Gasteiger partial charge is 0.373 e. The molecule has 3 heterocycles. The van der Waals surface area contributed by atoms with Crippen LogP contribution in [0.25, 0.3) is 17.0 Å². The van der Waals surface area contributed by atoms with Crippen LogP contribution in [0.1, 0.15) is 27.4 Å². The molecule has 0 aliphatic carbocycles. The van der Waals surface area contributed by atoms with Gasteiger partial charge >= 0.3 is 5.97 Å². The Labute approximate surface area is 200 Å². The molecule has 4 aromatic rings. The average molecular weight is 472 g/mol. The molecule has 1 aliphatic rings. The molecule has 5 rings (SSSR count). The maximum Gasteiger partial charge on any atom is 0.373 e. The normalized spacial score (nSPS) is 15.9. The Kier molecular flexibility index (Phi) is 5.81. The standard InChI is InChI=1S/C26H21N3O4S/c1-16-7-9-18(10-8-16)27-26-28-24(30)23(34-26)13-17-14-29(21-6-4-3-5-20(17)21)15-19-11-12-22(33-19)25(31)32-2/h3-14H,15H2,1-2H3,(H,27,28,30)/b23-13-. The third-order valence-corrected chi connectivity index (χ3v) is 6.31. The molecule has 1 saturated heterocycles. The van der Waals surface area contributed by atoms with Crippen molar-refractivity contribution >= 4 is 51.5 Å². The van der Waals surface area contributed by atoms with Gasteiger partial charge in [-0.3, -0.25) is 4.79 Å². The van der Waals surface area contributed by atoms with Gasteiger partial charge in [0.05, 0.1) is 24.2 Å². The van der Waals surface area contributed by atoms with Gasteiger partial charge in [0, 0.05) is 22.7 Å². The summed E-state index contributed by atoms with van der Waals surface area (Å²) in [7, 11) is 1.32. The van der Waals surface area contributed by atoms with Gasteiger partial charge in [0.1, 0.15) is 5.76 Å². The van der Waals surface area contributed by atoms with Crippen LogP contribution in [-0.2, 0) is 16.1 Å². The van der Waals surface area contributed by atoms with E-state index >= 15 is 0 Å². The van der Waals surface area contributed by atoms with Crippen molar-refractivity contribution in [2.24, 2.45) is 4.99 Å². The van der Waals surface area contributed by atoms with E-state index in [2.05, 4.69) is 10.3 Å². The third-order valence-electron chi connectivity index (χ3n) is 5.40. The molecule has 1 N–H and O–H groups in total. The van der Waals surface area contributed by atoms with Gasteiger partial charge in [0.2, 0.25) is 5.76 Å². The van der Waals surface area contributed by atoms with Gasteiger partial charge in [-0.05, 0) is 55.1 Å². The van der Waals surface area contributed by atoms with E-state index in [-0.39, 0.29) is 11.7 Å². The number of esters is 1. The zero-order valence-electron chi connectivity index (χ0n) is 18.6. The molecule has 1 fully saturated rings. The number of benzene rings is 2. The number of aliphatic imine (C=N–C) groups is 1. The first-order valence-corrected chi connectivity index (χ1v) is 11.4. The molecule has 0 unspecified atom stereocenters. The minimum absolute atomic E-state index is 0.163. The fourth-order valence-corrected chi connectivity index (χ4v) is 4.55. The van der Waals surface area contributed by atoms with Crippen LogP contribution in [0.15, 0.2) is 81.2 Å². The number of nitrogens with zero attached hydrogens (tertiary/aromatic N) is 2. The summed E-state index contributed by atoms with van der Waals surface area (Å²) in [6.45, 7) is 2.45. The highest BCUT2D eigenvalue weighted by Crippen LogP contribution is 2.31. The molecule has 0 atom stereocenters. The number of thioether (sulfide) groups is 1. The minimum Gasteiger partial charge on any atom is -0.463 e. The van der Waals surface area contributed by atoms with E-state index in [9.17, 15) is 9.59 Å². The lowest BCUT2D eigenvalue weighted by Crippen LogP contribution is -2.19. The molecule has 0 radical (unpaired) electrons. The van der Waals surface area contributed by atoms with Crippen molar-refractivity contribution in [3.63, 3.8) is 0 Å². The summed E-state index contributed by atoms with van der Waals surface area (Å²) in [5.41, 5.74) is 3.84. The van der Waals surface area contributed by atoms with Crippen LogP contribution < -0.4 is 5.32 Å². The van der Waals surface area contributed by atoms with Crippen LogP contribution in [-0.4, -0.2) is 28.7 Å². The molecular weight excluding hydrogens is 450 g/mol. The molecule has 8 heteroatoms. The molecule has 2 aromatic carbocycles. The van der Waals surface area contributed by atoms with Gasteiger partial charge in [-0.25, -0.2) is 9.79 Å². The van der Waals surface area contributed by atoms with Crippen LogP contribution in [0.4, 0.5) is 5.69 Å². The molecule has 1 aliphatic heterocycles. The Bertz CT molecular complexity index is 1460. The Balaban J connectivity index is 1.44. The first-order valence-electron chi connectivity index (χ1n) is 10.6. The monoisotopic (exact) mass is 471 g/mol. The maximum absolute atomic E-state index is 12.6. The predicted molar refractivity (Wildman–Crippen MR) is 133 cm³/mol. The number of ether oxygens (including phenoxy) is 1. The lowest BCUT2D eigenvalue weighted by molar-refractivity contribution is -0.115. The SMILES string of the molecule is COC(=O)c1ccc(Cn2cc(/C=C3\SC(=Nc4ccc(C)cc4)NC3=O)c3ccccc32)o1. The van der Waals surface area contributed by atoms with E-state index in [0.29, 0.717) is 22.4 Å². The van der Waals surface area contributed by atoms with Gasteiger partial charge in [0.25, 0.3) is 5.91 Å². The number of furan rings is 1. The summed E-state index contributed by atoms with van der Waals surface area (Å²) in [5.74, 6) is 0.0967. The van der Waals surface area contributed by atoms with Crippen LogP contribution in [0.3, 0.4) is 0 Å². The molecular formula is C26H21N3O4S. The van der Waals surface area contributed by atoms with Gasteiger partial charge in [-0.2, -0.15) is 0 Å². The van der Waals surface area contributed by atoms with E-state index in [1.165, 1.54) is 18.9 Å². The van der Waals surface area contributed by atoms with Crippen molar-refractivity contribution in [2.75, 3.05) is 7.11 Å². The second-order valence-corrected chi connectivity index (χ2v) is 8.83. The Morgan fingerprint density at radius 3 is 2.74 bits per heavy atom. The Morgan fingerprint density at radius 2 is 1.94 bits per heavy atom. The number of hydrogen-bond donors (Lipinski definition) is 1. The first kappa shape index (κ1) is 21.8. The second-order valence-electron chi connectivity index (χ2n) is 7.80. The minimum atomic E-state index is -0.513. The number of hydrogen-bond acceptors (Lipinski definition) is 6. The number of amides is 1. The maximum atomic E-state index is 12.6. The summed E-state index contributed by atoms with van der Waals surface area (Å²) in [6, 6.07) is 19.1. The van der Waals surface area contributed by atoms with E-state index in [4.69, 9.17) is 9.15 Å². The Morgan fingerprint density at radius 1 is 1.15 bits per heavy atom. The van der Waals surface area contributed by atoms with E-state index in [0.717, 1.165) is 27.7 Å². The molecule has 0 spiro atoms. The molecule has 170 valence electrons. The highest BCUT2D eigenvalue weighted by molar-refractivity contribution is 8.18. The van der Waals surface area contributed by atoms with Crippen LogP contribution in [0.2, 0.25) is 0 Å². The Hall–Kier alpha value is -4.04. The summed E-state index contributed by atoms with van der Waals surface area (Å²) >= 11 is 1.31. The van der Waals surface area contributed by atoms with Crippen molar-refractivity contribution in [2.45, 2.75) is 13.5 Å². The lowest BCUT2D eigenvalue weighted by atomic mass is 10.1. The highest BCUT2D eigenvalue weighted by atomic mass is 32.2. The second kappa shape index (κ2) is 9.07. The number of amidine groups is 1. The fraction of sp³-hybridized carbons (Fsp3) is 0.115. The molecule has 34 heavy (non-hydrogen) atoms. The van der Waals surface area contributed by atoms with Crippen molar-refractivity contribution in [1.29, 1.82) is 0 Å². The zero-order chi connectivity index (χ0) is 23.7. The average Bonchev–Trinajstić information content (AvgIpc) is 3.54. The number of carbonyl (C=O) groups excluding carboxylic acids is 2. The zero-order valence-corrected chi connectivity index (χ0v) is 19.4. The number of nitrogens with one attached hydrogen (secondary N) is 1. The summed E-state index contributed by atoms with van der Waals surface area (Å²) < 4.78 is 12.4. The van der Waals surface area contributed by atoms with E-state index < -0.39 is 5.97 Å². The van der Waals surface area contributed by atoms with Crippen molar-refractivity contribution in [1.82, 2.24) is 9.88 Å². The topological polar surface area (TPSA) is 85.8 Å². The van der Waals surface area contributed by atoms with E-state index in [1.54, 1.807) is 12.1 Å². The molecule has 2 aromatic heterocycles. The number of carbonyl (C=O) groups is 2. The largest absolute Gasteiger partial charge is 0.463 e. The quantitative estimate of drug-likeness (QED) is 0.317. The first-order chi connectivity index (χ1) is 16.5. The van der Waals surface area contributed by atoms with Crippen LogP contribution in [0, 0.1) is 6.92 Å². The molecule has 0 saturated carbocycles. The number of para-hydroxylation sites is 1. The highest BCUT2D eigenvalue weighted by Gasteiger charge is 2.24. The number of fused-ring (bicyclic) bond motifs is 1. The summed E-state index contributed by atoms with van der Waals surface area (Å²) in [4.78, 5) is 29.4. The molecule has 1 amide bonds. The number of rotatable bonds is 5. The number of methoxy groups -OCH3 is 1. The van der Waals surface area contributed by atoms with Crippen molar-refractivity contribution in [3.05, 3.63) is 94.4 Å². The van der Waals surface area contributed by atoms with Gasteiger partial charge in [-0.1, -0.05) is 35.9 Å². The molecule has 0 bridgehead atoms. The summed E-state index contributed by atoms with van der Waals surface area (Å²) in [6.07, 6.45) is 3.85. The van der Waals surface area contributed by atoms with Crippen molar-refractivity contribution < 1.29 is 18.7 Å². The van der Waals surface area contributed by atoms with Gasteiger partial charge in [0.15, 0.2) is 5.17 Å². The van der Waals surface area contributed by atoms with E-state index in [1.807, 2.05) is 72.3 Å². The van der Waals surface area contributed by atoms with Gasteiger partial charge < -0.3 is 19.0 Å². The predicted octanol–water partition coefficient (Wildman–Crippen LogP) is 5.27. The fourth-order valence-electron chi connectivity index (χ4n) is 3.72. The summed E-state index contributed by atoms with van der Waals surface area (Å²) in [5, 5.41) is 4.40. The van der Waals surface area contributed by atoms with Crippen molar-refractivity contribution in [3.8, 4) is 0 Å². The third kappa shape index (κ3) is 4.40. The number of aromatic nitrogens is 1. The lowest BCUT2D eigenvalue weighted by Gasteiger charge is -2.02. The van der Waals surface area contributed by atoms with Crippen LogP contribution >= 0.6 is 11.8 Å². The molecule has 7 nitrogen and oxygen atoms in total. The van der Waals surface area contributed by atoms with Crippen LogP contribution in [0.5, 0.6) is 0 Å². The number of aryl methyl sites for hydroxylation is 1. The van der Waals surface area contributed by atoms with Gasteiger partial charge in [-0.15, -0.1) is 0 Å².